The van der Waals surface area contributed by atoms with Crippen molar-refractivity contribution in [3.8, 4) is 0 Å². The van der Waals surface area contributed by atoms with Gasteiger partial charge in [0.15, 0.2) is 0 Å². The first-order chi connectivity index (χ1) is 11.4. The third-order valence-electron chi connectivity index (χ3n) is 4.92. The van der Waals surface area contributed by atoms with Gasteiger partial charge in [0.25, 0.3) is 0 Å². The summed E-state index contributed by atoms with van der Waals surface area (Å²) in [6, 6.07) is 0. The van der Waals surface area contributed by atoms with Crippen molar-refractivity contribution in [2.75, 3.05) is 6.54 Å². The van der Waals surface area contributed by atoms with E-state index in [0.717, 1.165) is 6.54 Å². The van der Waals surface area contributed by atoms with Crippen LogP contribution in [0.5, 0.6) is 0 Å². The maximum Gasteiger partial charge on any atom is 0.00974 e. The number of nitrogens with two attached hydrogens (primary N) is 1. The normalized spacial score (nSPS) is 11.2. The van der Waals surface area contributed by atoms with E-state index in [1.165, 1.54) is 122 Å². The predicted octanol–water partition coefficient (Wildman–Crippen LogP) is 6.88. The third kappa shape index (κ3) is 21.9. The molecule has 0 bridgehead atoms. The summed E-state index contributed by atoms with van der Waals surface area (Å²) in [7, 11) is 0. The molecule has 0 aromatic heterocycles. The molecule has 0 heterocycles. The summed E-state index contributed by atoms with van der Waals surface area (Å²) in [5, 5.41) is 0. The molecule has 0 amide bonds. The number of hydrogen-bond acceptors (Lipinski definition) is 2. The highest BCUT2D eigenvalue weighted by Gasteiger charge is 1.95. The van der Waals surface area contributed by atoms with Crippen LogP contribution in [0.25, 0.3) is 0 Å². The molecule has 2 heteroatoms. The molecule has 0 atom stereocenters. The van der Waals surface area contributed by atoms with Crippen LogP contribution in [0.2, 0.25) is 0 Å². The predicted molar refractivity (Wildman–Crippen MR) is 106 cm³/mol. The van der Waals surface area contributed by atoms with E-state index in [1.807, 2.05) is 0 Å². The van der Waals surface area contributed by atoms with E-state index in [1.54, 1.807) is 0 Å². The Bertz CT molecular complexity index is 174. The minimum Gasteiger partial charge on any atom is -0.271 e. The topological polar surface area (TPSA) is 38.0 Å². The quantitative estimate of drug-likeness (QED) is 0.145. The summed E-state index contributed by atoms with van der Waals surface area (Å²) >= 11 is 0. The summed E-state index contributed by atoms with van der Waals surface area (Å²) in [5.74, 6) is 5.26. The van der Waals surface area contributed by atoms with Crippen LogP contribution in [0, 0.1) is 0 Å². The number of hydrogen-bond donors (Lipinski definition) is 2. The second-order valence-corrected chi connectivity index (χ2v) is 7.32. The molecule has 0 saturated carbocycles. The van der Waals surface area contributed by atoms with Crippen molar-refractivity contribution in [3.63, 3.8) is 0 Å². The standard InChI is InChI=1S/C21H46N2/c1-2-3-4-5-6-7-8-9-10-11-12-13-14-15-16-17-18-19-20-21-23-22/h23H,2-22H2,1H3. The first kappa shape index (κ1) is 22.9. The Morgan fingerprint density at radius 3 is 0.957 bits per heavy atom. The second kappa shape index (κ2) is 21.9. The molecule has 2 nitrogen and oxygen atoms in total. The van der Waals surface area contributed by atoms with Crippen molar-refractivity contribution in [2.45, 2.75) is 129 Å². The van der Waals surface area contributed by atoms with Gasteiger partial charge in [0.1, 0.15) is 0 Å². The van der Waals surface area contributed by atoms with Crippen LogP contribution in [0.1, 0.15) is 129 Å². The van der Waals surface area contributed by atoms with Gasteiger partial charge < -0.3 is 0 Å². The average molecular weight is 327 g/mol. The van der Waals surface area contributed by atoms with Gasteiger partial charge in [-0.15, -0.1) is 0 Å². The number of rotatable bonds is 20. The Labute approximate surface area is 147 Å². The zero-order valence-corrected chi connectivity index (χ0v) is 16.2. The van der Waals surface area contributed by atoms with Gasteiger partial charge in [0, 0.05) is 6.54 Å². The van der Waals surface area contributed by atoms with E-state index in [-0.39, 0.29) is 0 Å². The summed E-state index contributed by atoms with van der Waals surface area (Å²) in [5.41, 5.74) is 2.72. The fourth-order valence-electron chi connectivity index (χ4n) is 3.31. The SMILES string of the molecule is CCCCCCCCCCCCCCCCCCCCCNN. The summed E-state index contributed by atoms with van der Waals surface area (Å²) in [4.78, 5) is 0. The van der Waals surface area contributed by atoms with Gasteiger partial charge in [-0.25, -0.2) is 0 Å². The number of unbranched alkanes of at least 4 members (excludes halogenated alkanes) is 18. The van der Waals surface area contributed by atoms with Crippen LogP contribution in [0.4, 0.5) is 0 Å². The minimum atomic E-state index is 0.971. The molecular formula is C21H46N2. The van der Waals surface area contributed by atoms with E-state index in [9.17, 15) is 0 Å². The highest BCUT2D eigenvalue weighted by atomic mass is 15.2. The molecule has 0 aromatic rings. The molecule has 0 saturated heterocycles. The van der Waals surface area contributed by atoms with Gasteiger partial charge in [0.05, 0.1) is 0 Å². The van der Waals surface area contributed by atoms with Crippen LogP contribution in [-0.2, 0) is 0 Å². The lowest BCUT2D eigenvalue weighted by Crippen LogP contribution is -2.22. The van der Waals surface area contributed by atoms with E-state index in [0.29, 0.717) is 0 Å². The van der Waals surface area contributed by atoms with Crippen molar-refractivity contribution in [1.29, 1.82) is 0 Å². The fraction of sp³-hybridized carbons (Fsp3) is 1.00. The number of hydrazine groups is 1. The molecule has 23 heavy (non-hydrogen) atoms. The first-order valence-corrected chi connectivity index (χ1v) is 10.8. The zero-order chi connectivity index (χ0) is 16.8. The van der Waals surface area contributed by atoms with E-state index < -0.39 is 0 Å². The third-order valence-corrected chi connectivity index (χ3v) is 4.92. The number of nitrogens with one attached hydrogen (secondary N) is 1. The Kier molecular flexibility index (Phi) is 21.8. The van der Waals surface area contributed by atoms with Crippen molar-refractivity contribution in [1.82, 2.24) is 5.43 Å². The van der Waals surface area contributed by atoms with Gasteiger partial charge in [-0.3, -0.25) is 11.3 Å². The molecule has 0 unspecified atom stereocenters. The van der Waals surface area contributed by atoms with Gasteiger partial charge in [-0.2, -0.15) is 0 Å². The van der Waals surface area contributed by atoms with E-state index in [2.05, 4.69) is 12.3 Å². The first-order valence-electron chi connectivity index (χ1n) is 10.8. The van der Waals surface area contributed by atoms with Crippen molar-refractivity contribution in [2.24, 2.45) is 5.84 Å². The molecule has 0 aliphatic carbocycles. The Morgan fingerprint density at radius 2 is 0.696 bits per heavy atom. The van der Waals surface area contributed by atoms with Crippen LogP contribution in [0.3, 0.4) is 0 Å². The monoisotopic (exact) mass is 326 g/mol. The van der Waals surface area contributed by atoms with Gasteiger partial charge in [-0.05, 0) is 6.42 Å². The van der Waals surface area contributed by atoms with Gasteiger partial charge in [-0.1, -0.05) is 122 Å². The van der Waals surface area contributed by atoms with Crippen LogP contribution >= 0.6 is 0 Å². The van der Waals surface area contributed by atoms with E-state index in [4.69, 9.17) is 5.84 Å². The molecule has 0 aliphatic rings. The largest absolute Gasteiger partial charge is 0.271 e. The molecule has 140 valence electrons. The lowest BCUT2D eigenvalue weighted by molar-refractivity contribution is 0.521. The molecule has 0 rings (SSSR count). The fourth-order valence-corrected chi connectivity index (χ4v) is 3.31. The van der Waals surface area contributed by atoms with Crippen molar-refractivity contribution >= 4 is 0 Å². The highest BCUT2D eigenvalue weighted by Crippen LogP contribution is 2.14. The molecular weight excluding hydrogens is 280 g/mol. The Morgan fingerprint density at radius 1 is 0.435 bits per heavy atom. The molecule has 0 spiro atoms. The lowest BCUT2D eigenvalue weighted by Gasteiger charge is -2.04. The summed E-state index contributed by atoms with van der Waals surface area (Å²) in [6.07, 6.45) is 27.3. The van der Waals surface area contributed by atoms with Gasteiger partial charge in [0.2, 0.25) is 0 Å². The summed E-state index contributed by atoms with van der Waals surface area (Å²) < 4.78 is 0. The molecule has 0 radical (unpaired) electrons. The molecule has 0 aromatic carbocycles. The lowest BCUT2D eigenvalue weighted by atomic mass is 10.0. The van der Waals surface area contributed by atoms with Crippen molar-refractivity contribution < 1.29 is 0 Å². The highest BCUT2D eigenvalue weighted by molar-refractivity contribution is 4.50. The summed E-state index contributed by atoms with van der Waals surface area (Å²) in [6.45, 7) is 3.27. The second-order valence-electron chi connectivity index (χ2n) is 7.32. The van der Waals surface area contributed by atoms with E-state index >= 15 is 0 Å². The van der Waals surface area contributed by atoms with Crippen LogP contribution < -0.4 is 11.3 Å². The smallest absolute Gasteiger partial charge is 0.00974 e. The van der Waals surface area contributed by atoms with Gasteiger partial charge >= 0.3 is 0 Å². The Balaban J connectivity index is 2.92. The minimum absolute atomic E-state index is 0.971. The van der Waals surface area contributed by atoms with Crippen LogP contribution in [-0.4, -0.2) is 6.54 Å². The average Bonchev–Trinajstić information content (AvgIpc) is 2.57. The molecule has 0 fully saturated rings. The van der Waals surface area contributed by atoms with Crippen molar-refractivity contribution in [3.05, 3.63) is 0 Å². The van der Waals surface area contributed by atoms with Crippen LogP contribution in [0.15, 0.2) is 0 Å². The maximum absolute atomic E-state index is 5.26. The molecule has 0 aliphatic heterocycles. The Hall–Kier alpha value is -0.0800. The zero-order valence-electron chi connectivity index (χ0n) is 16.2. The molecule has 3 N–H and O–H groups in total. The maximum atomic E-state index is 5.26.